The lowest BCUT2D eigenvalue weighted by Crippen LogP contribution is -2.13. The molecule has 0 unspecified atom stereocenters. The average Bonchev–Trinajstić information content (AvgIpc) is 2.26. The predicted octanol–water partition coefficient (Wildman–Crippen LogP) is -0.678. The highest BCUT2D eigenvalue weighted by Gasteiger charge is 2.06. The number of hydrogen-bond donors (Lipinski definition) is 4. The lowest BCUT2D eigenvalue weighted by molar-refractivity contribution is 0.920. The summed E-state index contributed by atoms with van der Waals surface area (Å²) >= 11 is 0. The lowest BCUT2D eigenvalue weighted by atomic mass is 9.98. The van der Waals surface area contributed by atoms with Gasteiger partial charge >= 0.3 is 0 Å². The highest BCUT2D eigenvalue weighted by Crippen LogP contribution is 2.15. The Labute approximate surface area is 84.3 Å². The van der Waals surface area contributed by atoms with Crippen LogP contribution in [0.1, 0.15) is 22.3 Å². The minimum atomic E-state index is 0.435. The fourth-order valence-corrected chi connectivity index (χ4v) is 1.46. The maximum Gasteiger partial charge on any atom is 0.0187 e. The fourth-order valence-electron chi connectivity index (χ4n) is 1.46. The van der Waals surface area contributed by atoms with E-state index in [1.807, 2.05) is 6.07 Å². The summed E-state index contributed by atoms with van der Waals surface area (Å²) in [6.45, 7) is 1.79. The molecule has 4 nitrogen and oxygen atoms in total. The Morgan fingerprint density at radius 1 is 0.786 bits per heavy atom. The van der Waals surface area contributed by atoms with E-state index in [1.165, 1.54) is 0 Å². The first kappa shape index (κ1) is 11.1. The van der Waals surface area contributed by atoms with Crippen LogP contribution in [-0.4, -0.2) is 0 Å². The third kappa shape index (κ3) is 2.10. The molecule has 0 atom stereocenters. The highest BCUT2D eigenvalue weighted by molar-refractivity contribution is 5.37. The van der Waals surface area contributed by atoms with Crippen molar-refractivity contribution in [1.29, 1.82) is 0 Å². The second-order valence-corrected chi connectivity index (χ2v) is 3.09. The Morgan fingerprint density at radius 3 is 1.50 bits per heavy atom. The van der Waals surface area contributed by atoms with E-state index < -0.39 is 0 Å². The third-order valence-electron chi connectivity index (χ3n) is 2.27. The summed E-state index contributed by atoms with van der Waals surface area (Å²) in [7, 11) is 0. The van der Waals surface area contributed by atoms with Gasteiger partial charge in [-0.2, -0.15) is 0 Å². The quantitative estimate of drug-likeness (QED) is 0.508. The predicted molar refractivity (Wildman–Crippen MR) is 56.8 cm³/mol. The van der Waals surface area contributed by atoms with Gasteiger partial charge < -0.3 is 22.9 Å². The summed E-state index contributed by atoms with van der Waals surface area (Å²) in [5, 5.41) is 0. The molecule has 4 heteroatoms. The number of nitrogens with two attached hydrogens (primary N) is 4. The Bertz CT molecular complexity index is 251. The monoisotopic (exact) mass is 193 g/mol. The molecule has 1 radical (unpaired) electrons. The van der Waals surface area contributed by atoms with Crippen LogP contribution in [0.4, 0.5) is 0 Å². The van der Waals surface area contributed by atoms with Gasteiger partial charge in [-0.3, -0.25) is 0 Å². The second-order valence-electron chi connectivity index (χ2n) is 3.09. The van der Waals surface area contributed by atoms with Crippen LogP contribution in [0.3, 0.4) is 0 Å². The smallest absolute Gasteiger partial charge is 0.0187 e. The van der Waals surface area contributed by atoms with E-state index in [1.54, 1.807) is 0 Å². The molecule has 0 aromatic heterocycles. The Kier molecular flexibility index (Phi) is 4.03. The molecule has 0 amide bonds. The number of rotatable bonds is 4. The van der Waals surface area contributed by atoms with Crippen molar-refractivity contribution in [2.45, 2.75) is 26.2 Å². The van der Waals surface area contributed by atoms with Gasteiger partial charge in [0.1, 0.15) is 0 Å². The molecule has 0 fully saturated rings. The molecule has 1 rings (SSSR count). The first-order chi connectivity index (χ1) is 6.76. The normalized spacial score (nSPS) is 10.6. The Hall–Kier alpha value is -0.940. The van der Waals surface area contributed by atoms with Crippen LogP contribution in [0, 0.1) is 6.07 Å². The zero-order chi connectivity index (χ0) is 10.6. The molecule has 1 aromatic carbocycles. The molecule has 0 bridgehead atoms. The number of hydrogen-bond acceptors (Lipinski definition) is 4. The minimum absolute atomic E-state index is 0.435. The first-order valence-corrected chi connectivity index (χ1v) is 4.62. The molecular formula is C10H17N4. The van der Waals surface area contributed by atoms with Crippen LogP contribution in [0.25, 0.3) is 0 Å². The van der Waals surface area contributed by atoms with Gasteiger partial charge in [-0.25, -0.2) is 0 Å². The van der Waals surface area contributed by atoms with E-state index in [9.17, 15) is 0 Å². The van der Waals surface area contributed by atoms with Gasteiger partial charge in [0.15, 0.2) is 0 Å². The summed E-state index contributed by atoms with van der Waals surface area (Å²) < 4.78 is 0. The SMILES string of the molecule is NCc1[c]c(CN)c(CN)cc1CN. The molecule has 8 N–H and O–H groups in total. The molecular weight excluding hydrogens is 176 g/mol. The molecule has 77 valence electrons. The van der Waals surface area contributed by atoms with Crippen molar-refractivity contribution >= 4 is 0 Å². The maximum atomic E-state index is 5.59. The Balaban J connectivity index is 3.20. The zero-order valence-corrected chi connectivity index (χ0v) is 8.22. The summed E-state index contributed by atoms with van der Waals surface area (Å²) in [5.74, 6) is 0. The largest absolute Gasteiger partial charge is 0.326 e. The lowest BCUT2D eigenvalue weighted by Gasteiger charge is -2.11. The van der Waals surface area contributed by atoms with E-state index in [0.29, 0.717) is 26.2 Å². The van der Waals surface area contributed by atoms with Gasteiger partial charge in [0.05, 0.1) is 0 Å². The standard InChI is InChI=1S/C10H17N4/c11-3-7-1-8(4-12)10(6-14)2-9(7)5-13/h1H,3-6,11-14H2. The van der Waals surface area contributed by atoms with Crippen molar-refractivity contribution in [3.8, 4) is 0 Å². The topological polar surface area (TPSA) is 104 Å². The molecule has 0 heterocycles. The van der Waals surface area contributed by atoms with E-state index in [2.05, 4.69) is 6.07 Å². The average molecular weight is 193 g/mol. The van der Waals surface area contributed by atoms with Crippen molar-refractivity contribution in [1.82, 2.24) is 0 Å². The van der Waals surface area contributed by atoms with E-state index in [4.69, 9.17) is 22.9 Å². The third-order valence-corrected chi connectivity index (χ3v) is 2.27. The van der Waals surface area contributed by atoms with E-state index in [0.717, 1.165) is 22.3 Å². The first-order valence-electron chi connectivity index (χ1n) is 4.62. The van der Waals surface area contributed by atoms with E-state index >= 15 is 0 Å². The molecule has 0 spiro atoms. The molecule has 0 aliphatic rings. The van der Waals surface area contributed by atoms with Crippen LogP contribution < -0.4 is 22.9 Å². The van der Waals surface area contributed by atoms with Crippen LogP contribution >= 0.6 is 0 Å². The van der Waals surface area contributed by atoms with Gasteiger partial charge in [-0.05, 0) is 28.3 Å². The molecule has 0 saturated carbocycles. The summed E-state index contributed by atoms with van der Waals surface area (Å²) in [6.07, 6.45) is 0. The van der Waals surface area contributed by atoms with Crippen molar-refractivity contribution in [3.63, 3.8) is 0 Å². The molecule has 14 heavy (non-hydrogen) atoms. The van der Waals surface area contributed by atoms with Crippen LogP contribution in [0.15, 0.2) is 6.07 Å². The van der Waals surface area contributed by atoms with Gasteiger partial charge in [-0.1, -0.05) is 6.07 Å². The maximum absolute atomic E-state index is 5.59. The van der Waals surface area contributed by atoms with Gasteiger partial charge in [0.2, 0.25) is 0 Å². The minimum Gasteiger partial charge on any atom is -0.326 e. The van der Waals surface area contributed by atoms with Gasteiger partial charge in [0, 0.05) is 26.2 Å². The highest BCUT2D eigenvalue weighted by atomic mass is 14.6. The second kappa shape index (κ2) is 5.07. The van der Waals surface area contributed by atoms with Gasteiger partial charge in [0.25, 0.3) is 0 Å². The van der Waals surface area contributed by atoms with Crippen LogP contribution in [0.5, 0.6) is 0 Å². The zero-order valence-electron chi connectivity index (χ0n) is 8.22. The molecule has 0 saturated heterocycles. The Morgan fingerprint density at radius 2 is 1.21 bits per heavy atom. The molecule has 0 aliphatic heterocycles. The van der Waals surface area contributed by atoms with Crippen molar-refractivity contribution in [2.75, 3.05) is 0 Å². The van der Waals surface area contributed by atoms with Gasteiger partial charge in [-0.15, -0.1) is 0 Å². The van der Waals surface area contributed by atoms with Crippen molar-refractivity contribution < 1.29 is 0 Å². The summed E-state index contributed by atoms with van der Waals surface area (Å²) in [5.41, 5.74) is 26.2. The van der Waals surface area contributed by atoms with Crippen LogP contribution in [-0.2, 0) is 26.2 Å². The fraction of sp³-hybridized carbons (Fsp3) is 0.400. The van der Waals surface area contributed by atoms with E-state index in [-0.39, 0.29) is 0 Å². The van der Waals surface area contributed by atoms with Crippen molar-refractivity contribution in [2.24, 2.45) is 22.9 Å². The molecule has 1 aromatic rings. The summed E-state index contributed by atoms with van der Waals surface area (Å²) in [4.78, 5) is 0. The van der Waals surface area contributed by atoms with Crippen molar-refractivity contribution in [3.05, 3.63) is 34.4 Å². The summed E-state index contributed by atoms with van der Waals surface area (Å²) in [6, 6.07) is 5.15. The molecule has 0 aliphatic carbocycles. The number of benzene rings is 1. The van der Waals surface area contributed by atoms with Crippen LogP contribution in [0.2, 0.25) is 0 Å².